The van der Waals surface area contributed by atoms with E-state index in [1.807, 2.05) is 6.07 Å². The van der Waals surface area contributed by atoms with Gasteiger partial charge in [-0.15, -0.1) is 0 Å². The molecule has 0 atom stereocenters. The predicted molar refractivity (Wildman–Crippen MR) is 54.4 cm³/mol. The molecule has 0 bridgehead atoms. The summed E-state index contributed by atoms with van der Waals surface area (Å²) in [6.07, 6.45) is 0. The first-order valence-electron chi connectivity index (χ1n) is 3.07. The second kappa shape index (κ2) is 4.57. The van der Waals surface area contributed by atoms with Gasteiger partial charge in [0.1, 0.15) is 0 Å². The van der Waals surface area contributed by atoms with Crippen molar-refractivity contribution in [1.82, 2.24) is 3.53 Å². The summed E-state index contributed by atoms with van der Waals surface area (Å²) in [5.74, 6) is 0. The molecular formula is C8H10IN. The topological polar surface area (TPSA) is 12.0 Å². The van der Waals surface area contributed by atoms with Gasteiger partial charge in [0.15, 0.2) is 0 Å². The smallest absolute Gasteiger partial charge is 0.0297 e. The fraction of sp³-hybridized carbons (Fsp3) is 0.125. The molecule has 0 radical (unpaired) electrons. The Labute approximate surface area is 71.6 Å². The lowest BCUT2D eigenvalue weighted by Gasteiger charge is -1.96. The molecule has 0 saturated carbocycles. The van der Waals surface area contributed by atoms with E-state index >= 15 is 0 Å². The third kappa shape index (κ3) is 2.58. The number of halogens is 1. The molecule has 0 aliphatic rings. The molecule has 1 aromatic carbocycles. The highest BCUT2D eigenvalue weighted by molar-refractivity contribution is 14.2. The van der Waals surface area contributed by atoms with Gasteiger partial charge < -0.3 is 0 Å². The van der Waals surface area contributed by atoms with Gasteiger partial charge in [0, 0.05) is 6.54 Å². The summed E-state index contributed by atoms with van der Waals surface area (Å²) in [5.41, 5.74) is 1.34. The Balaban J connectivity index is 2.50. The Morgan fingerprint density at radius 2 is 2.00 bits per heavy atom. The zero-order chi connectivity index (χ0) is 7.23. The lowest BCUT2D eigenvalue weighted by Crippen LogP contribution is -1.97. The van der Waals surface area contributed by atoms with Gasteiger partial charge in [-0.05, 0) is 26.6 Å². The summed E-state index contributed by atoms with van der Waals surface area (Å²) in [4.78, 5) is 0. The van der Waals surface area contributed by atoms with Gasteiger partial charge >= 0.3 is 0 Å². The van der Waals surface area contributed by atoms with Crippen LogP contribution in [-0.4, -0.2) is 4.51 Å². The summed E-state index contributed by atoms with van der Waals surface area (Å²) in [6.45, 7) is 0.970. The van der Waals surface area contributed by atoms with Crippen LogP contribution in [0, 0.1) is 0 Å². The van der Waals surface area contributed by atoms with Crippen molar-refractivity contribution >= 4 is 25.5 Å². The molecule has 1 aromatic rings. The van der Waals surface area contributed by atoms with E-state index < -0.39 is 0 Å². The van der Waals surface area contributed by atoms with Crippen molar-refractivity contribution in [2.45, 2.75) is 6.54 Å². The number of hydrogen-bond acceptors (Lipinski definition) is 1. The van der Waals surface area contributed by atoms with Crippen LogP contribution in [0.25, 0.3) is 0 Å². The highest BCUT2D eigenvalue weighted by Gasteiger charge is 1.84. The minimum atomic E-state index is -0.0184. The van der Waals surface area contributed by atoms with E-state index in [0.717, 1.165) is 6.54 Å². The minimum Gasteiger partial charge on any atom is -0.262 e. The number of benzene rings is 1. The van der Waals surface area contributed by atoms with Crippen molar-refractivity contribution in [2.75, 3.05) is 0 Å². The third-order valence-corrected chi connectivity index (χ3v) is 2.13. The fourth-order valence-electron chi connectivity index (χ4n) is 0.720. The predicted octanol–water partition coefficient (Wildman–Crippen LogP) is 2.09. The summed E-state index contributed by atoms with van der Waals surface area (Å²) < 4.78 is 7.06. The summed E-state index contributed by atoms with van der Waals surface area (Å²) in [5, 5.41) is 0. The second-order valence-corrected chi connectivity index (χ2v) is 3.46. The Hall–Kier alpha value is -0.220. The first-order valence-corrected chi connectivity index (χ1v) is 5.68. The average molecular weight is 247 g/mol. The SMILES string of the molecule is C=INCc1ccccc1. The van der Waals surface area contributed by atoms with Crippen LogP contribution < -0.4 is 3.53 Å². The second-order valence-electron chi connectivity index (χ2n) is 1.93. The zero-order valence-electron chi connectivity index (χ0n) is 5.68. The maximum absolute atomic E-state index is 3.80. The van der Waals surface area contributed by atoms with Gasteiger partial charge in [0.2, 0.25) is 0 Å². The Morgan fingerprint density at radius 3 is 2.60 bits per heavy atom. The van der Waals surface area contributed by atoms with Crippen LogP contribution >= 0.6 is 21.0 Å². The van der Waals surface area contributed by atoms with Crippen LogP contribution in [0.1, 0.15) is 5.56 Å². The van der Waals surface area contributed by atoms with E-state index in [2.05, 4.69) is 32.3 Å². The molecule has 0 heterocycles. The van der Waals surface area contributed by atoms with Crippen molar-refractivity contribution in [2.24, 2.45) is 0 Å². The van der Waals surface area contributed by atoms with Crippen LogP contribution in [0.4, 0.5) is 0 Å². The van der Waals surface area contributed by atoms with Gasteiger partial charge in [0.05, 0.1) is 0 Å². The molecule has 1 rings (SSSR count). The molecule has 0 aromatic heterocycles. The lowest BCUT2D eigenvalue weighted by molar-refractivity contribution is 1.01. The maximum atomic E-state index is 3.80. The van der Waals surface area contributed by atoms with Gasteiger partial charge in [-0.3, -0.25) is 3.53 Å². The van der Waals surface area contributed by atoms with E-state index in [9.17, 15) is 0 Å². The molecule has 0 unspecified atom stereocenters. The molecule has 2 heteroatoms. The fourth-order valence-corrected chi connectivity index (χ4v) is 1.43. The minimum absolute atomic E-state index is 0.0184. The van der Waals surface area contributed by atoms with Crippen molar-refractivity contribution in [1.29, 1.82) is 0 Å². The number of rotatable bonds is 3. The van der Waals surface area contributed by atoms with Crippen molar-refractivity contribution < 1.29 is 0 Å². The summed E-state index contributed by atoms with van der Waals surface area (Å²) >= 11 is -0.0184. The van der Waals surface area contributed by atoms with Gasteiger partial charge in [-0.1, -0.05) is 34.8 Å². The van der Waals surface area contributed by atoms with Crippen LogP contribution in [0.3, 0.4) is 0 Å². The van der Waals surface area contributed by atoms with Crippen LogP contribution in [-0.2, 0) is 6.54 Å². The molecule has 1 nitrogen and oxygen atoms in total. The van der Waals surface area contributed by atoms with E-state index in [1.165, 1.54) is 5.56 Å². The first-order chi connectivity index (χ1) is 4.93. The standard InChI is InChI=1S/C8H10IN/c1-9-10-7-8-5-3-2-4-6-8/h2-6,10H,1,7H2. The summed E-state index contributed by atoms with van der Waals surface area (Å²) in [6, 6.07) is 10.4. The third-order valence-electron chi connectivity index (χ3n) is 1.21. The molecule has 0 fully saturated rings. The molecule has 0 spiro atoms. The highest BCUT2D eigenvalue weighted by Crippen LogP contribution is 1.98. The number of hydrogen-bond donors (Lipinski definition) is 1. The zero-order valence-corrected chi connectivity index (χ0v) is 7.84. The molecule has 0 aliphatic heterocycles. The van der Waals surface area contributed by atoms with Crippen molar-refractivity contribution in [3.63, 3.8) is 0 Å². The molecule has 54 valence electrons. The van der Waals surface area contributed by atoms with Crippen LogP contribution in [0.2, 0.25) is 0 Å². The normalized spacial score (nSPS) is 9.60. The Morgan fingerprint density at radius 1 is 1.30 bits per heavy atom. The molecule has 0 aliphatic carbocycles. The molecule has 10 heavy (non-hydrogen) atoms. The van der Waals surface area contributed by atoms with E-state index in [4.69, 9.17) is 0 Å². The Kier molecular flexibility index (Phi) is 3.60. The van der Waals surface area contributed by atoms with Gasteiger partial charge in [-0.2, -0.15) is 0 Å². The monoisotopic (exact) mass is 247 g/mol. The average Bonchev–Trinajstić information content (AvgIpc) is 2.03. The molecular weight excluding hydrogens is 237 g/mol. The van der Waals surface area contributed by atoms with Crippen molar-refractivity contribution in [3.05, 3.63) is 35.9 Å². The highest BCUT2D eigenvalue weighted by atomic mass is 127. The van der Waals surface area contributed by atoms with Crippen LogP contribution in [0.5, 0.6) is 0 Å². The Bertz CT molecular complexity index is 196. The van der Waals surface area contributed by atoms with E-state index in [0.29, 0.717) is 0 Å². The van der Waals surface area contributed by atoms with Gasteiger partial charge in [0.25, 0.3) is 0 Å². The molecule has 1 N–H and O–H groups in total. The lowest BCUT2D eigenvalue weighted by atomic mass is 10.2. The largest absolute Gasteiger partial charge is 0.262 e. The van der Waals surface area contributed by atoms with E-state index in [-0.39, 0.29) is 21.0 Å². The molecule has 0 amide bonds. The van der Waals surface area contributed by atoms with E-state index in [1.54, 1.807) is 0 Å². The summed E-state index contributed by atoms with van der Waals surface area (Å²) in [7, 11) is 0. The van der Waals surface area contributed by atoms with Crippen molar-refractivity contribution in [3.8, 4) is 0 Å². The number of nitrogens with one attached hydrogen (secondary N) is 1. The van der Waals surface area contributed by atoms with Gasteiger partial charge in [-0.25, -0.2) is 0 Å². The quantitative estimate of drug-likeness (QED) is 0.637. The molecule has 0 saturated heterocycles. The maximum Gasteiger partial charge on any atom is 0.0297 e. The van der Waals surface area contributed by atoms with Crippen LogP contribution in [0.15, 0.2) is 30.3 Å². The first kappa shape index (κ1) is 7.88.